The van der Waals surface area contributed by atoms with E-state index in [4.69, 9.17) is 11.6 Å². The first-order chi connectivity index (χ1) is 10.0. The van der Waals surface area contributed by atoms with Gasteiger partial charge >= 0.3 is 5.97 Å². The molecular weight excluding hydrogens is 293 g/mol. The SMILES string of the molecule is O=C(O)c1cc(-c2cccc(F)c2)nc2cc(Cl)ccc12. The lowest BCUT2D eigenvalue weighted by molar-refractivity contribution is 0.0699. The van der Waals surface area contributed by atoms with E-state index in [1.54, 1.807) is 30.3 Å². The van der Waals surface area contributed by atoms with Gasteiger partial charge in [-0.1, -0.05) is 29.8 Å². The lowest BCUT2D eigenvalue weighted by atomic mass is 10.0. The Morgan fingerprint density at radius 2 is 1.95 bits per heavy atom. The van der Waals surface area contributed by atoms with E-state index in [9.17, 15) is 14.3 Å². The highest BCUT2D eigenvalue weighted by atomic mass is 35.5. The van der Waals surface area contributed by atoms with Gasteiger partial charge in [-0.15, -0.1) is 0 Å². The number of pyridine rings is 1. The third-order valence-electron chi connectivity index (χ3n) is 3.12. The molecule has 2 aromatic carbocycles. The Hall–Kier alpha value is -2.46. The number of aromatic carboxylic acids is 1. The van der Waals surface area contributed by atoms with Gasteiger partial charge in [0.15, 0.2) is 0 Å². The Morgan fingerprint density at radius 3 is 2.67 bits per heavy atom. The molecule has 1 N–H and O–H groups in total. The van der Waals surface area contributed by atoms with E-state index in [0.29, 0.717) is 27.2 Å². The second-order valence-corrected chi connectivity index (χ2v) is 4.97. The van der Waals surface area contributed by atoms with Crippen LogP contribution in [-0.2, 0) is 0 Å². The fourth-order valence-electron chi connectivity index (χ4n) is 2.17. The van der Waals surface area contributed by atoms with Gasteiger partial charge in [-0.05, 0) is 30.3 Å². The van der Waals surface area contributed by atoms with Gasteiger partial charge in [-0.2, -0.15) is 0 Å². The highest BCUT2D eigenvalue weighted by Gasteiger charge is 2.13. The Labute approximate surface area is 124 Å². The zero-order valence-corrected chi connectivity index (χ0v) is 11.4. The summed E-state index contributed by atoms with van der Waals surface area (Å²) < 4.78 is 13.3. The molecule has 21 heavy (non-hydrogen) atoms. The van der Waals surface area contributed by atoms with Crippen LogP contribution in [0.2, 0.25) is 5.02 Å². The minimum Gasteiger partial charge on any atom is -0.478 e. The molecule has 3 rings (SSSR count). The molecule has 0 saturated carbocycles. The molecule has 0 aliphatic carbocycles. The molecule has 104 valence electrons. The van der Waals surface area contributed by atoms with Gasteiger partial charge < -0.3 is 5.11 Å². The zero-order chi connectivity index (χ0) is 15.0. The summed E-state index contributed by atoms with van der Waals surface area (Å²) in [6, 6.07) is 12.1. The van der Waals surface area contributed by atoms with Crippen LogP contribution in [0, 0.1) is 5.82 Å². The second-order valence-electron chi connectivity index (χ2n) is 4.53. The Kier molecular flexibility index (Phi) is 3.31. The number of nitrogens with zero attached hydrogens (tertiary/aromatic N) is 1. The Balaban J connectivity index is 2.32. The number of carboxylic acid groups (broad SMARTS) is 1. The van der Waals surface area contributed by atoms with Crippen LogP contribution in [0.5, 0.6) is 0 Å². The second kappa shape index (κ2) is 5.14. The molecular formula is C16H9ClFNO2. The molecule has 0 bridgehead atoms. The minimum absolute atomic E-state index is 0.107. The summed E-state index contributed by atoms with van der Waals surface area (Å²) in [7, 11) is 0. The van der Waals surface area contributed by atoms with E-state index < -0.39 is 11.8 Å². The molecule has 0 unspecified atom stereocenters. The standard InChI is InChI=1S/C16H9ClFNO2/c17-10-4-5-12-13(16(20)21)8-14(19-15(12)7-10)9-2-1-3-11(18)6-9/h1-8H,(H,20,21). The lowest BCUT2D eigenvalue weighted by Gasteiger charge is -2.07. The van der Waals surface area contributed by atoms with Crippen LogP contribution in [0.25, 0.3) is 22.2 Å². The van der Waals surface area contributed by atoms with Gasteiger partial charge in [0.25, 0.3) is 0 Å². The fraction of sp³-hybridized carbons (Fsp3) is 0. The van der Waals surface area contributed by atoms with Crippen LogP contribution in [0.3, 0.4) is 0 Å². The molecule has 3 aromatic rings. The number of carboxylic acids is 1. The van der Waals surface area contributed by atoms with E-state index in [2.05, 4.69) is 4.98 Å². The summed E-state index contributed by atoms with van der Waals surface area (Å²) in [6.45, 7) is 0. The first-order valence-electron chi connectivity index (χ1n) is 6.14. The van der Waals surface area contributed by atoms with E-state index >= 15 is 0 Å². The monoisotopic (exact) mass is 301 g/mol. The van der Waals surface area contributed by atoms with E-state index in [0.717, 1.165) is 0 Å². The van der Waals surface area contributed by atoms with E-state index in [-0.39, 0.29) is 5.56 Å². The number of fused-ring (bicyclic) bond motifs is 1. The molecule has 5 heteroatoms. The molecule has 0 atom stereocenters. The summed E-state index contributed by atoms with van der Waals surface area (Å²) >= 11 is 5.93. The number of hydrogen-bond acceptors (Lipinski definition) is 2. The third kappa shape index (κ3) is 2.58. The van der Waals surface area contributed by atoms with Crippen molar-refractivity contribution in [3.8, 4) is 11.3 Å². The maximum atomic E-state index is 13.3. The van der Waals surface area contributed by atoms with Crippen molar-refractivity contribution in [2.75, 3.05) is 0 Å². The molecule has 0 amide bonds. The van der Waals surface area contributed by atoms with Gasteiger partial charge in [-0.25, -0.2) is 14.2 Å². The molecule has 1 heterocycles. The summed E-state index contributed by atoms with van der Waals surface area (Å²) in [5.74, 6) is -1.47. The molecule has 0 aliphatic heterocycles. The number of hydrogen-bond donors (Lipinski definition) is 1. The van der Waals surface area contributed by atoms with Gasteiger partial charge in [0.05, 0.1) is 16.8 Å². The van der Waals surface area contributed by atoms with Crippen molar-refractivity contribution in [1.29, 1.82) is 0 Å². The van der Waals surface area contributed by atoms with Gasteiger partial charge in [0.1, 0.15) is 5.82 Å². The summed E-state index contributed by atoms with van der Waals surface area (Å²) in [5, 5.41) is 10.3. The highest BCUT2D eigenvalue weighted by molar-refractivity contribution is 6.31. The van der Waals surface area contributed by atoms with Gasteiger partial charge in [0.2, 0.25) is 0 Å². The molecule has 1 aromatic heterocycles. The molecule has 0 fully saturated rings. The van der Waals surface area contributed by atoms with Crippen molar-refractivity contribution < 1.29 is 14.3 Å². The van der Waals surface area contributed by atoms with Crippen LogP contribution >= 0.6 is 11.6 Å². The van der Waals surface area contributed by atoms with Gasteiger partial charge in [-0.3, -0.25) is 0 Å². The van der Waals surface area contributed by atoms with Crippen molar-refractivity contribution in [3.05, 3.63) is 64.9 Å². The van der Waals surface area contributed by atoms with Crippen LogP contribution in [0.4, 0.5) is 4.39 Å². The smallest absolute Gasteiger partial charge is 0.336 e. The van der Waals surface area contributed by atoms with Gasteiger partial charge in [0, 0.05) is 16.0 Å². The Bertz CT molecular complexity index is 864. The zero-order valence-electron chi connectivity index (χ0n) is 10.7. The predicted octanol–water partition coefficient (Wildman–Crippen LogP) is 4.39. The van der Waals surface area contributed by atoms with Crippen molar-refractivity contribution in [3.63, 3.8) is 0 Å². The van der Waals surface area contributed by atoms with Crippen molar-refractivity contribution >= 4 is 28.5 Å². The summed E-state index contributed by atoms with van der Waals surface area (Å²) in [6.07, 6.45) is 0. The maximum absolute atomic E-state index is 13.3. The molecule has 3 nitrogen and oxygen atoms in total. The lowest BCUT2D eigenvalue weighted by Crippen LogP contribution is -2.00. The molecule has 0 radical (unpaired) electrons. The number of carbonyl (C=O) groups is 1. The van der Waals surface area contributed by atoms with Crippen LogP contribution in [0.1, 0.15) is 10.4 Å². The topological polar surface area (TPSA) is 50.2 Å². The van der Waals surface area contributed by atoms with Crippen molar-refractivity contribution in [2.24, 2.45) is 0 Å². The quantitative estimate of drug-likeness (QED) is 0.763. The highest BCUT2D eigenvalue weighted by Crippen LogP contribution is 2.27. The minimum atomic E-state index is -1.07. The number of aromatic nitrogens is 1. The normalized spacial score (nSPS) is 10.8. The summed E-state index contributed by atoms with van der Waals surface area (Å²) in [4.78, 5) is 15.8. The largest absolute Gasteiger partial charge is 0.478 e. The molecule has 0 spiro atoms. The summed E-state index contributed by atoms with van der Waals surface area (Å²) in [5.41, 5.74) is 1.47. The number of benzene rings is 2. The fourth-order valence-corrected chi connectivity index (χ4v) is 2.34. The third-order valence-corrected chi connectivity index (χ3v) is 3.36. The van der Waals surface area contributed by atoms with E-state index in [1.807, 2.05) is 0 Å². The molecule has 0 saturated heterocycles. The van der Waals surface area contributed by atoms with Crippen LogP contribution in [0.15, 0.2) is 48.5 Å². The number of rotatable bonds is 2. The Morgan fingerprint density at radius 1 is 1.14 bits per heavy atom. The van der Waals surface area contributed by atoms with Crippen LogP contribution in [-0.4, -0.2) is 16.1 Å². The first kappa shape index (κ1) is 13.5. The number of halogens is 2. The molecule has 0 aliphatic rings. The predicted molar refractivity (Wildman–Crippen MR) is 79.1 cm³/mol. The first-order valence-corrected chi connectivity index (χ1v) is 6.52. The van der Waals surface area contributed by atoms with Crippen molar-refractivity contribution in [1.82, 2.24) is 4.98 Å². The van der Waals surface area contributed by atoms with E-state index in [1.165, 1.54) is 18.2 Å². The van der Waals surface area contributed by atoms with Crippen molar-refractivity contribution in [2.45, 2.75) is 0 Å². The average Bonchev–Trinajstić information content (AvgIpc) is 2.45. The van der Waals surface area contributed by atoms with Crippen LogP contribution < -0.4 is 0 Å². The maximum Gasteiger partial charge on any atom is 0.336 e. The average molecular weight is 302 g/mol.